The Morgan fingerprint density at radius 2 is 1.71 bits per heavy atom. The van der Waals surface area contributed by atoms with Crippen molar-refractivity contribution in [2.45, 2.75) is 11.8 Å². The van der Waals surface area contributed by atoms with Gasteiger partial charge >= 0.3 is 0 Å². The minimum Gasteiger partial charge on any atom is -0.495 e. The summed E-state index contributed by atoms with van der Waals surface area (Å²) in [7, 11) is -2.39. The molecule has 2 aromatic carbocycles. The number of amides is 1. The molecule has 0 spiro atoms. The monoisotopic (exact) mass is 450 g/mol. The molecule has 1 aliphatic heterocycles. The van der Waals surface area contributed by atoms with Gasteiger partial charge in [0.25, 0.3) is 5.91 Å². The van der Waals surface area contributed by atoms with Gasteiger partial charge in [-0.15, -0.1) is 0 Å². The van der Waals surface area contributed by atoms with Crippen molar-refractivity contribution in [3.63, 3.8) is 0 Å². The molecule has 31 heavy (non-hydrogen) atoms. The van der Waals surface area contributed by atoms with E-state index in [9.17, 15) is 13.2 Å². The molecule has 1 heterocycles. The number of rotatable bonds is 9. The molecular weight excluding hydrogens is 424 g/mol. The van der Waals surface area contributed by atoms with Gasteiger partial charge in [-0.05, 0) is 49.4 Å². The predicted molar refractivity (Wildman–Crippen MR) is 114 cm³/mol. The number of benzene rings is 2. The highest BCUT2D eigenvalue weighted by Gasteiger charge is 2.29. The highest BCUT2D eigenvalue weighted by molar-refractivity contribution is 7.89. The molecular formula is C21H26N2O7S. The quantitative estimate of drug-likeness (QED) is 0.624. The van der Waals surface area contributed by atoms with Gasteiger partial charge in [-0.3, -0.25) is 4.79 Å². The molecule has 2 aromatic rings. The van der Waals surface area contributed by atoms with Crippen LogP contribution in [0.1, 0.15) is 6.92 Å². The number of hydrogen-bond acceptors (Lipinski definition) is 7. The lowest BCUT2D eigenvalue weighted by molar-refractivity contribution is -0.118. The second-order valence-corrected chi connectivity index (χ2v) is 8.53. The fraction of sp³-hybridized carbons (Fsp3) is 0.381. The van der Waals surface area contributed by atoms with Gasteiger partial charge in [0.1, 0.15) is 22.1 Å². The van der Waals surface area contributed by atoms with Crippen LogP contribution in [0.3, 0.4) is 0 Å². The first kappa shape index (κ1) is 22.9. The molecule has 0 saturated carbocycles. The number of nitrogens with zero attached hydrogens (tertiary/aromatic N) is 1. The molecule has 0 bridgehead atoms. The summed E-state index contributed by atoms with van der Waals surface area (Å²) in [5, 5.41) is 2.66. The summed E-state index contributed by atoms with van der Waals surface area (Å²) in [6, 6.07) is 11.4. The van der Waals surface area contributed by atoms with Gasteiger partial charge in [0.2, 0.25) is 10.0 Å². The average molecular weight is 451 g/mol. The lowest BCUT2D eigenvalue weighted by atomic mass is 10.3. The summed E-state index contributed by atoms with van der Waals surface area (Å²) in [6.45, 7) is 3.42. The number of sulfonamides is 1. The molecule has 1 N–H and O–H groups in total. The van der Waals surface area contributed by atoms with E-state index in [2.05, 4.69) is 5.32 Å². The zero-order valence-electron chi connectivity index (χ0n) is 17.5. The molecule has 9 nitrogen and oxygen atoms in total. The van der Waals surface area contributed by atoms with Gasteiger partial charge in [-0.1, -0.05) is 0 Å². The molecule has 1 amide bonds. The maximum Gasteiger partial charge on any atom is 0.262 e. The van der Waals surface area contributed by atoms with E-state index >= 15 is 0 Å². The van der Waals surface area contributed by atoms with Crippen LogP contribution in [0.4, 0.5) is 5.69 Å². The Hall–Kier alpha value is -2.82. The summed E-state index contributed by atoms with van der Waals surface area (Å²) < 4.78 is 48.7. The first-order chi connectivity index (χ1) is 14.9. The van der Waals surface area contributed by atoms with E-state index in [1.807, 2.05) is 6.92 Å². The van der Waals surface area contributed by atoms with Crippen molar-refractivity contribution in [3.8, 4) is 17.2 Å². The van der Waals surface area contributed by atoms with Gasteiger partial charge in [0.05, 0.1) is 26.9 Å². The van der Waals surface area contributed by atoms with Crippen LogP contribution in [-0.4, -0.2) is 65.3 Å². The molecule has 0 aromatic heterocycles. The molecule has 1 fully saturated rings. The number of nitrogens with one attached hydrogen (secondary N) is 1. The molecule has 0 atom stereocenters. The molecule has 0 unspecified atom stereocenters. The number of anilines is 1. The van der Waals surface area contributed by atoms with Gasteiger partial charge in [-0.25, -0.2) is 8.42 Å². The van der Waals surface area contributed by atoms with E-state index < -0.39 is 15.9 Å². The van der Waals surface area contributed by atoms with Crippen LogP contribution in [0.15, 0.2) is 47.4 Å². The van der Waals surface area contributed by atoms with E-state index in [0.717, 1.165) is 0 Å². The molecule has 1 aliphatic rings. The fourth-order valence-corrected chi connectivity index (χ4v) is 4.62. The third-order valence-electron chi connectivity index (χ3n) is 4.54. The Morgan fingerprint density at radius 1 is 1.06 bits per heavy atom. The molecule has 1 saturated heterocycles. The van der Waals surface area contributed by atoms with Crippen LogP contribution in [0.25, 0.3) is 0 Å². The Morgan fingerprint density at radius 3 is 2.32 bits per heavy atom. The minimum atomic E-state index is -3.79. The number of carbonyl (C=O) groups is 1. The maximum absolute atomic E-state index is 13.0. The lowest BCUT2D eigenvalue weighted by Gasteiger charge is -2.26. The number of carbonyl (C=O) groups excluding carboxylic acids is 1. The van der Waals surface area contributed by atoms with Crippen LogP contribution in [-0.2, 0) is 19.6 Å². The first-order valence-corrected chi connectivity index (χ1v) is 11.3. The van der Waals surface area contributed by atoms with Crippen LogP contribution in [0.2, 0.25) is 0 Å². The van der Waals surface area contributed by atoms with Crippen LogP contribution in [0.5, 0.6) is 17.2 Å². The summed E-state index contributed by atoms with van der Waals surface area (Å²) >= 11 is 0. The van der Waals surface area contributed by atoms with Crippen molar-refractivity contribution in [3.05, 3.63) is 42.5 Å². The highest BCUT2D eigenvalue weighted by atomic mass is 32.2. The van der Waals surface area contributed by atoms with Crippen LogP contribution < -0.4 is 19.5 Å². The van der Waals surface area contributed by atoms with Gasteiger partial charge in [0, 0.05) is 18.8 Å². The number of hydrogen-bond donors (Lipinski definition) is 1. The average Bonchev–Trinajstić information content (AvgIpc) is 2.79. The maximum atomic E-state index is 13.0. The second-order valence-electron chi connectivity index (χ2n) is 6.62. The van der Waals surface area contributed by atoms with Crippen LogP contribution >= 0.6 is 0 Å². The van der Waals surface area contributed by atoms with Crippen LogP contribution in [0, 0.1) is 0 Å². The second kappa shape index (κ2) is 10.5. The Balaban J connectivity index is 1.67. The predicted octanol–water partition coefficient (Wildman–Crippen LogP) is 2.13. The molecule has 0 radical (unpaired) electrons. The van der Waals surface area contributed by atoms with Gasteiger partial charge < -0.3 is 24.3 Å². The molecule has 3 rings (SSSR count). The normalized spacial score (nSPS) is 14.6. The van der Waals surface area contributed by atoms with E-state index in [-0.39, 0.29) is 30.3 Å². The van der Waals surface area contributed by atoms with E-state index in [1.165, 1.54) is 23.5 Å². The van der Waals surface area contributed by atoms with Crippen molar-refractivity contribution in [2.75, 3.05) is 51.9 Å². The fourth-order valence-electron chi connectivity index (χ4n) is 3.03. The zero-order chi connectivity index (χ0) is 22.3. The van der Waals surface area contributed by atoms with Crippen molar-refractivity contribution in [1.29, 1.82) is 0 Å². The van der Waals surface area contributed by atoms with Gasteiger partial charge in [0.15, 0.2) is 6.61 Å². The number of morpholine rings is 1. The van der Waals surface area contributed by atoms with E-state index in [1.54, 1.807) is 30.3 Å². The standard InChI is InChI=1S/C21H26N2O7S/c1-3-29-17-5-7-18(8-6-17)30-15-21(24)22-16-4-9-19(27-2)20(14-16)31(25,26)23-10-12-28-13-11-23/h4-9,14H,3,10-13,15H2,1-2H3,(H,22,24). The Labute approximate surface area is 181 Å². The summed E-state index contributed by atoms with van der Waals surface area (Å²) in [5.41, 5.74) is 0.327. The van der Waals surface area contributed by atoms with Crippen molar-refractivity contribution < 1.29 is 32.2 Å². The lowest BCUT2D eigenvalue weighted by Crippen LogP contribution is -2.40. The van der Waals surface area contributed by atoms with E-state index in [0.29, 0.717) is 37.0 Å². The molecule has 168 valence electrons. The topological polar surface area (TPSA) is 103 Å². The number of ether oxygens (including phenoxy) is 4. The van der Waals surface area contributed by atoms with E-state index in [4.69, 9.17) is 18.9 Å². The SMILES string of the molecule is CCOc1ccc(OCC(=O)Nc2ccc(OC)c(S(=O)(=O)N3CCOCC3)c2)cc1. The van der Waals surface area contributed by atoms with Crippen molar-refractivity contribution >= 4 is 21.6 Å². The highest BCUT2D eigenvalue weighted by Crippen LogP contribution is 2.30. The largest absolute Gasteiger partial charge is 0.495 e. The third kappa shape index (κ3) is 5.87. The number of methoxy groups -OCH3 is 1. The Bertz CT molecular complexity index is 987. The van der Waals surface area contributed by atoms with Gasteiger partial charge in [-0.2, -0.15) is 4.31 Å². The zero-order valence-corrected chi connectivity index (χ0v) is 18.3. The third-order valence-corrected chi connectivity index (χ3v) is 6.46. The summed E-state index contributed by atoms with van der Waals surface area (Å²) in [6.07, 6.45) is 0. The summed E-state index contributed by atoms with van der Waals surface area (Å²) in [4.78, 5) is 12.3. The van der Waals surface area contributed by atoms with Crippen molar-refractivity contribution in [2.24, 2.45) is 0 Å². The molecule has 10 heteroatoms. The summed E-state index contributed by atoms with van der Waals surface area (Å²) in [5.74, 6) is 1.01. The smallest absolute Gasteiger partial charge is 0.262 e. The Kier molecular flexibility index (Phi) is 7.72. The van der Waals surface area contributed by atoms with Crippen molar-refractivity contribution in [1.82, 2.24) is 4.31 Å². The minimum absolute atomic E-state index is 0.0119. The molecule has 0 aliphatic carbocycles. The first-order valence-electron chi connectivity index (χ1n) is 9.85.